The first-order valence-corrected chi connectivity index (χ1v) is 6.47. The largest absolute Gasteiger partial charge is 0.493 e. The summed E-state index contributed by atoms with van der Waals surface area (Å²) in [5, 5.41) is 8.87. The molecular weight excluding hydrogens is 234 g/mol. The van der Waals surface area contributed by atoms with Gasteiger partial charge >= 0.3 is 0 Å². The lowest BCUT2D eigenvalue weighted by Crippen LogP contribution is -2.01. The third-order valence-corrected chi connectivity index (χ3v) is 3.03. The molecule has 2 heteroatoms. The zero-order chi connectivity index (χ0) is 13.5. The second-order valence-corrected chi connectivity index (χ2v) is 4.53. The van der Waals surface area contributed by atoms with Crippen LogP contribution in [0.1, 0.15) is 23.1 Å². The number of ether oxygens (including phenoxy) is 1. The molecular formula is C17H17NO. The van der Waals surface area contributed by atoms with Gasteiger partial charge < -0.3 is 4.74 Å². The Balaban J connectivity index is 1.85. The van der Waals surface area contributed by atoms with Crippen molar-refractivity contribution in [2.45, 2.75) is 19.8 Å². The lowest BCUT2D eigenvalue weighted by atomic mass is 10.1. The minimum absolute atomic E-state index is 0.642. The Morgan fingerprint density at radius 1 is 1.11 bits per heavy atom. The van der Waals surface area contributed by atoms with Crippen LogP contribution in [0.25, 0.3) is 0 Å². The van der Waals surface area contributed by atoms with Crippen molar-refractivity contribution in [2.75, 3.05) is 6.61 Å². The molecule has 0 aliphatic heterocycles. The van der Waals surface area contributed by atoms with Gasteiger partial charge in [0.2, 0.25) is 0 Å². The molecule has 0 unspecified atom stereocenters. The fraction of sp³-hybridized carbons (Fsp3) is 0.235. The standard InChI is InChI=1S/C17H17NO/c1-14-9-10-16(13-18)12-17(14)19-11-5-8-15-6-3-2-4-7-15/h2-4,6-7,9-10,12H,5,8,11H2,1H3. The molecule has 96 valence electrons. The molecule has 0 radical (unpaired) electrons. The maximum atomic E-state index is 8.87. The number of aryl methyl sites for hydroxylation is 2. The van der Waals surface area contributed by atoms with Crippen LogP contribution in [-0.2, 0) is 6.42 Å². The predicted octanol–water partition coefficient (Wildman–Crippen LogP) is 3.88. The highest BCUT2D eigenvalue weighted by Gasteiger charge is 2.01. The van der Waals surface area contributed by atoms with E-state index in [2.05, 4.69) is 30.3 Å². The summed E-state index contributed by atoms with van der Waals surface area (Å²) in [7, 11) is 0. The van der Waals surface area contributed by atoms with Crippen LogP contribution in [0.2, 0.25) is 0 Å². The van der Waals surface area contributed by atoms with Crippen molar-refractivity contribution in [3.8, 4) is 11.8 Å². The van der Waals surface area contributed by atoms with Gasteiger partial charge in [-0.1, -0.05) is 36.4 Å². The van der Waals surface area contributed by atoms with Crippen molar-refractivity contribution < 1.29 is 4.74 Å². The summed E-state index contributed by atoms with van der Waals surface area (Å²) in [5.74, 6) is 0.812. The van der Waals surface area contributed by atoms with Gasteiger partial charge in [0.15, 0.2) is 0 Å². The Labute approximate surface area is 114 Å². The van der Waals surface area contributed by atoms with E-state index in [1.165, 1.54) is 5.56 Å². The van der Waals surface area contributed by atoms with E-state index >= 15 is 0 Å². The Morgan fingerprint density at radius 3 is 2.63 bits per heavy atom. The van der Waals surface area contributed by atoms with Gasteiger partial charge in [-0.05, 0) is 43.0 Å². The first-order chi connectivity index (χ1) is 9.29. The van der Waals surface area contributed by atoms with Gasteiger partial charge in [-0.2, -0.15) is 5.26 Å². The molecule has 2 aromatic carbocycles. The highest BCUT2D eigenvalue weighted by atomic mass is 16.5. The Kier molecular flexibility index (Phi) is 4.58. The number of benzene rings is 2. The average molecular weight is 251 g/mol. The molecule has 0 amide bonds. The van der Waals surface area contributed by atoms with Gasteiger partial charge in [0.25, 0.3) is 0 Å². The molecule has 0 atom stereocenters. The van der Waals surface area contributed by atoms with Gasteiger partial charge in [-0.15, -0.1) is 0 Å². The SMILES string of the molecule is Cc1ccc(C#N)cc1OCCCc1ccccc1. The third-order valence-electron chi connectivity index (χ3n) is 3.03. The van der Waals surface area contributed by atoms with Crippen LogP contribution in [0.5, 0.6) is 5.75 Å². The summed E-state index contributed by atoms with van der Waals surface area (Å²) in [6, 6.07) is 18.0. The van der Waals surface area contributed by atoms with Crippen molar-refractivity contribution in [1.82, 2.24) is 0 Å². The summed E-state index contributed by atoms with van der Waals surface area (Å²) in [4.78, 5) is 0. The summed E-state index contributed by atoms with van der Waals surface area (Å²) < 4.78 is 5.75. The lowest BCUT2D eigenvalue weighted by molar-refractivity contribution is 0.309. The van der Waals surface area contributed by atoms with Crippen LogP contribution in [0.3, 0.4) is 0 Å². The highest BCUT2D eigenvalue weighted by Crippen LogP contribution is 2.19. The van der Waals surface area contributed by atoms with Crippen LogP contribution < -0.4 is 4.74 Å². The maximum absolute atomic E-state index is 8.87. The van der Waals surface area contributed by atoms with Crippen LogP contribution >= 0.6 is 0 Å². The molecule has 0 saturated heterocycles. The first-order valence-electron chi connectivity index (χ1n) is 6.47. The molecule has 0 saturated carbocycles. The normalized spacial score (nSPS) is 9.89. The summed E-state index contributed by atoms with van der Waals surface area (Å²) in [6.07, 6.45) is 1.98. The Hall–Kier alpha value is -2.27. The molecule has 0 aliphatic rings. The molecule has 0 fully saturated rings. The van der Waals surface area contributed by atoms with Gasteiger partial charge in [0, 0.05) is 0 Å². The molecule has 0 N–H and O–H groups in total. The number of hydrogen-bond donors (Lipinski definition) is 0. The maximum Gasteiger partial charge on any atom is 0.123 e. The quantitative estimate of drug-likeness (QED) is 0.755. The van der Waals surface area contributed by atoms with Gasteiger partial charge in [-0.25, -0.2) is 0 Å². The predicted molar refractivity (Wildman–Crippen MR) is 76.2 cm³/mol. The summed E-state index contributed by atoms with van der Waals surface area (Å²) in [6.45, 7) is 2.66. The van der Waals surface area contributed by atoms with Gasteiger partial charge in [0.05, 0.1) is 18.2 Å². The molecule has 0 bridgehead atoms. The van der Waals surface area contributed by atoms with E-state index in [9.17, 15) is 0 Å². The smallest absolute Gasteiger partial charge is 0.123 e. The Morgan fingerprint density at radius 2 is 1.89 bits per heavy atom. The van der Waals surface area contributed by atoms with E-state index in [4.69, 9.17) is 10.00 Å². The summed E-state index contributed by atoms with van der Waals surface area (Å²) >= 11 is 0. The van der Waals surface area contributed by atoms with E-state index in [0.29, 0.717) is 12.2 Å². The summed E-state index contributed by atoms with van der Waals surface area (Å²) in [5.41, 5.74) is 3.04. The van der Waals surface area contributed by atoms with Crippen LogP contribution in [0.4, 0.5) is 0 Å². The third kappa shape index (κ3) is 3.86. The second-order valence-electron chi connectivity index (χ2n) is 4.53. The topological polar surface area (TPSA) is 33.0 Å². The van der Waals surface area contributed by atoms with E-state index < -0.39 is 0 Å². The van der Waals surface area contributed by atoms with E-state index in [1.807, 2.05) is 25.1 Å². The van der Waals surface area contributed by atoms with Crippen LogP contribution in [0, 0.1) is 18.3 Å². The Bertz CT molecular complexity index is 570. The molecule has 2 rings (SSSR count). The molecule has 19 heavy (non-hydrogen) atoms. The molecule has 0 aromatic heterocycles. The average Bonchev–Trinajstić information content (AvgIpc) is 2.46. The minimum Gasteiger partial charge on any atom is -0.493 e. The monoisotopic (exact) mass is 251 g/mol. The van der Waals surface area contributed by atoms with E-state index in [1.54, 1.807) is 6.07 Å². The van der Waals surface area contributed by atoms with Crippen molar-refractivity contribution >= 4 is 0 Å². The molecule has 2 aromatic rings. The van der Waals surface area contributed by atoms with Crippen molar-refractivity contribution in [1.29, 1.82) is 5.26 Å². The fourth-order valence-corrected chi connectivity index (χ4v) is 1.93. The van der Waals surface area contributed by atoms with Crippen LogP contribution in [-0.4, -0.2) is 6.61 Å². The van der Waals surface area contributed by atoms with Crippen molar-refractivity contribution in [2.24, 2.45) is 0 Å². The van der Waals surface area contributed by atoms with Crippen LogP contribution in [0.15, 0.2) is 48.5 Å². The number of nitrogens with zero attached hydrogens (tertiary/aromatic N) is 1. The van der Waals surface area contributed by atoms with E-state index in [-0.39, 0.29) is 0 Å². The highest BCUT2D eigenvalue weighted by molar-refractivity contribution is 5.41. The zero-order valence-electron chi connectivity index (χ0n) is 11.1. The van der Waals surface area contributed by atoms with Gasteiger partial charge in [0.1, 0.15) is 5.75 Å². The minimum atomic E-state index is 0.642. The number of rotatable bonds is 5. The lowest BCUT2D eigenvalue weighted by Gasteiger charge is -2.09. The molecule has 0 heterocycles. The van der Waals surface area contributed by atoms with Gasteiger partial charge in [-0.3, -0.25) is 0 Å². The molecule has 0 spiro atoms. The number of hydrogen-bond acceptors (Lipinski definition) is 2. The van der Waals surface area contributed by atoms with Crippen molar-refractivity contribution in [3.05, 3.63) is 65.2 Å². The first kappa shape index (κ1) is 13.2. The number of nitriles is 1. The fourth-order valence-electron chi connectivity index (χ4n) is 1.93. The second kappa shape index (κ2) is 6.61. The van der Waals surface area contributed by atoms with E-state index in [0.717, 1.165) is 24.2 Å². The zero-order valence-corrected chi connectivity index (χ0v) is 11.1. The van der Waals surface area contributed by atoms with Crippen molar-refractivity contribution in [3.63, 3.8) is 0 Å². The molecule has 0 aliphatic carbocycles. The molecule has 2 nitrogen and oxygen atoms in total.